The number of aryl methyl sites for hydroxylation is 2. The van der Waals surface area contributed by atoms with Gasteiger partial charge in [-0.05, 0) is 44.7 Å². The van der Waals surface area contributed by atoms with Crippen molar-refractivity contribution in [1.29, 1.82) is 0 Å². The topological polar surface area (TPSA) is 92.7 Å². The Morgan fingerprint density at radius 3 is 2.83 bits per heavy atom. The standard InChI is InChI=1S/C17H21N5O2/c1-10-2-6-13(16(23)18-10)17(24)19-12-5-7-14-20-21-15(11-3-4-11)22(14)9-8-12/h2,6,11-12H,3-5,7-9H2,1H3,(H,18,23)(H,19,24). The first-order valence-electron chi connectivity index (χ1n) is 8.54. The molecule has 0 bridgehead atoms. The highest BCUT2D eigenvalue weighted by Gasteiger charge is 2.31. The van der Waals surface area contributed by atoms with Crippen LogP contribution in [0.5, 0.6) is 0 Å². The number of carbonyl (C=O) groups is 1. The van der Waals surface area contributed by atoms with Crippen molar-refractivity contribution in [1.82, 2.24) is 25.1 Å². The molecular weight excluding hydrogens is 306 g/mol. The average Bonchev–Trinajstić information content (AvgIpc) is 3.34. The van der Waals surface area contributed by atoms with Gasteiger partial charge in [-0.1, -0.05) is 0 Å². The number of H-pyrrole nitrogens is 1. The molecule has 0 saturated heterocycles. The van der Waals surface area contributed by atoms with Crippen molar-refractivity contribution < 1.29 is 4.79 Å². The zero-order valence-corrected chi connectivity index (χ0v) is 13.7. The molecule has 2 aliphatic rings. The maximum Gasteiger partial charge on any atom is 0.260 e. The fourth-order valence-corrected chi connectivity index (χ4v) is 3.31. The fraction of sp³-hybridized carbons (Fsp3) is 0.529. The third kappa shape index (κ3) is 2.86. The van der Waals surface area contributed by atoms with Gasteiger partial charge in [-0.25, -0.2) is 0 Å². The Hall–Kier alpha value is -2.44. The Labute approximate surface area is 139 Å². The Kier molecular flexibility index (Phi) is 3.70. The maximum absolute atomic E-state index is 12.4. The highest BCUT2D eigenvalue weighted by Crippen LogP contribution is 2.39. The predicted octanol–water partition coefficient (Wildman–Crippen LogP) is 1.29. The highest BCUT2D eigenvalue weighted by molar-refractivity contribution is 5.93. The van der Waals surface area contributed by atoms with Gasteiger partial charge in [0.25, 0.3) is 11.5 Å². The van der Waals surface area contributed by atoms with Gasteiger partial charge >= 0.3 is 0 Å². The van der Waals surface area contributed by atoms with Crippen LogP contribution < -0.4 is 10.9 Å². The van der Waals surface area contributed by atoms with Crippen LogP contribution >= 0.6 is 0 Å². The number of nitrogens with one attached hydrogen (secondary N) is 2. The van der Waals surface area contributed by atoms with E-state index in [1.807, 2.05) is 0 Å². The van der Waals surface area contributed by atoms with Crippen molar-refractivity contribution in [3.05, 3.63) is 45.4 Å². The molecular formula is C17H21N5O2. The van der Waals surface area contributed by atoms with Crippen molar-refractivity contribution in [2.75, 3.05) is 0 Å². The summed E-state index contributed by atoms with van der Waals surface area (Å²) in [7, 11) is 0. The summed E-state index contributed by atoms with van der Waals surface area (Å²) in [5.74, 6) is 2.39. The van der Waals surface area contributed by atoms with Crippen LogP contribution in [0.25, 0.3) is 0 Å². The number of hydrogen-bond donors (Lipinski definition) is 2. The van der Waals surface area contributed by atoms with Gasteiger partial charge in [0, 0.05) is 30.6 Å². The monoisotopic (exact) mass is 327 g/mol. The summed E-state index contributed by atoms with van der Waals surface area (Å²) >= 11 is 0. The minimum atomic E-state index is -0.339. The van der Waals surface area contributed by atoms with E-state index in [9.17, 15) is 9.59 Å². The largest absolute Gasteiger partial charge is 0.349 e. The first-order chi connectivity index (χ1) is 11.6. The van der Waals surface area contributed by atoms with Crippen LogP contribution in [0.15, 0.2) is 16.9 Å². The molecule has 1 atom stereocenters. The molecule has 2 aromatic heterocycles. The third-order valence-corrected chi connectivity index (χ3v) is 4.85. The van der Waals surface area contributed by atoms with Crippen LogP contribution in [0.3, 0.4) is 0 Å². The van der Waals surface area contributed by atoms with Crippen LogP contribution in [0.2, 0.25) is 0 Å². The number of nitrogens with zero attached hydrogens (tertiary/aromatic N) is 3. The second kappa shape index (κ2) is 5.89. The van der Waals surface area contributed by atoms with Gasteiger partial charge in [0.05, 0.1) is 0 Å². The summed E-state index contributed by atoms with van der Waals surface area (Å²) in [5, 5.41) is 11.7. The van der Waals surface area contributed by atoms with E-state index in [1.54, 1.807) is 19.1 Å². The van der Waals surface area contributed by atoms with Gasteiger partial charge in [0.1, 0.15) is 17.2 Å². The lowest BCUT2D eigenvalue weighted by Gasteiger charge is -2.16. The average molecular weight is 327 g/mol. The molecule has 1 saturated carbocycles. The zero-order chi connectivity index (χ0) is 16.7. The number of pyridine rings is 1. The third-order valence-electron chi connectivity index (χ3n) is 4.85. The Balaban J connectivity index is 1.45. The first kappa shape index (κ1) is 15.1. The van der Waals surface area contributed by atoms with E-state index in [0.29, 0.717) is 5.92 Å². The van der Waals surface area contributed by atoms with Gasteiger partial charge in [-0.15, -0.1) is 10.2 Å². The molecule has 126 valence electrons. The van der Waals surface area contributed by atoms with Crippen molar-refractivity contribution in [3.8, 4) is 0 Å². The molecule has 1 unspecified atom stereocenters. The molecule has 7 heteroatoms. The van der Waals surface area contributed by atoms with Crippen LogP contribution in [-0.2, 0) is 13.0 Å². The Morgan fingerprint density at radius 1 is 1.25 bits per heavy atom. The van der Waals surface area contributed by atoms with Crippen LogP contribution in [0, 0.1) is 6.92 Å². The molecule has 1 aliphatic heterocycles. The summed E-state index contributed by atoms with van der Waals surface area (Å²) < 4.78 is 2.22. The lowest BCUT2D eigenvalue weighted by Crippen LogP contribution is -2.38. The molecule has 2 aromatic rings. The molecule has 0 aromatic carbocycles. The number of aromatic amines is 1. The maximum atomic E-state index is 12.4. The molecule has 2 N–H and O–H groups in total. The van der Waals surface area contributed by atoms with Crippen LogP contribution in [-0.4, -0.2) is 31.7 Å². The van der Waals surface area contributed by atoms with Gasteiger partial charge in [0.15, 0.2) is 0 Å². The molecule has 0 radical (unpaired) electrons. The Bertz CT molecular complexity index is 834. The van der Waals surface area contributed by atoms with Crippen molar-refractivity contribution in [2.24, 2.45) is 0 Å². The highest BCUT2D eigenvalue weighted by atomic mass is 16.2. The molecule has 1 aliphatic carbocycles. The van der Waals surface area contributed by atoms with E-state index >= 15 is 0 Å². The molecule has 1 fully saturated rings. The Morgan fingerprint density at radius 2 is 2.08 bits per heavy atom. The van der Waals surface area contributed by atoms with Gasteiger partial charge < -0.3 is 14.9 Å². The second-order valence-electron chi connectivity index (χ2n) is 6.78. The molecule has 1 amide bonds. The lowest BCUT2D eigenvalue weighted by atomic mass is 10.1. The van der Waals surface area contributed by atoms with Crippen molar-refractivity contribution >= 4 is 5.91 Å². The fourth-order valence-electron chi connectivity index (χ4n) is 3.31. The minimum absolute atomic E-state index is 0.0481. The molecule has 3 heterocycles. The smallest absolute Gasteiger partial charge is 0.260 e. The van der Waals surface area contributed by atoms with Crippen LogP contribution in [0.1, 0.15) is 59.3 Å². The normalized spacial score (nSPS) is 20.3. The van der Waals surface area contributed by atoms with E-state index < -0.39 is 0 Å². The van der Waals surface area contributed by atoms with Crippen molar-refractivity contribution in [2.45, 2.75) is 57.5 Å². The van der Waals surface area contributed by atoms with E-state index in [0.717, 1.165) is 43.1 Å². The summed E-state index contributed by atoms with van der Waals surface area (Å²) in [6.07, 6.45) is 4.86. The van der Waals surface area contributed by atoms with E-state index in [1.165, 1.54) is 12.8 Å². The number of carbonyl (C=O) groups excluding carboxylic acids is 1. The number of hydrogen-bond acceptors (Lipinski definition) is 4. The minimum Gasteiger partial charge on any atom is -0.349 e. The van der Waals surface area contributed by atoms with Crippen molar-refractivity contribution in [3.63, 3.8) is 0 Å². The van der Waals surface area contributed by atoms with Gasteiger partial charge in [0.2, 0.25) is 0 Å². The van der Waals surface area contributed by atoms with Crippen LogP contribution in [0.4, 0.5) is 0 Å². The van der Waals surface area contributed by atoms with E-state index in [-0.39, 0.29) is 23.1 Å². The quantitative estimate of drug-likeness (QED) is 0.888. The molecule has 7 nitrogen and oxygen atoms in total. The SMILES string of the molecule is Cc1ccc(C(=O)NC2CCc3nnc(C4CC4)n3CC2)c(=O)[nH]1. The summed E-state index contributed by atoms with van der Waals surface area (Å²) in [6.45, 7) is 2.62. The number of amides is 1. The summed E-state index contributed by atoms with van der Waals surface area (Å²) in [5.41, 5.74) is 0.578. The number of fused-ring (bicyclic) bond motifs is 1. The predicted molar refractivity (Wildman–Crippen MR) is 88.0 cm³/mol. The van der Waals surface area contributed by atoms with Gasteiger partial charge in [-0.2, -0.15) is 0 Å². The second-order valence-corrected chi connectivity index (χ2v) is 6.78. The zero-order valence-electron chi connectivity index (χ0n) is 13.7. The first-order valence-corrected chi connectivity index (χ1v) is 8.54. The van der Waals surface area contributed by atoms with E-state index in [4.69, 9.17) is 0 Å². The molecule has 0 spiro atoms. The van der Waals surface area contributed by atoms with Gasteiger partial charge in [-0.3, -0.25) is 9.59 Å². The lowest BCUT2D eigenvalue weighted by molar-refractivity contribution is 0.0931. The molecule has 24 heavy (non-hydrogen) atoms. The summed E-state index contributed by atoms with van der Waals surface area (Å²) in [4.78, 5) is 27.0. The summed E-state index contributed by atoms with van der Waals surface area (Å²) in [6, 6.07) is 3.37. The number of aromatic nitrogens is 4. The molecule has 4 rings (SSSR count). The van der Waals surface area contributed by atoms with E-state index in [2.05, 4.69) is 25.1 Å². The number of rotatable bonds is 3.